The van der Waals surface area contributed by atoms with Crippen LogP contribution in [0, 0.1) is 0 Å². The van der Waals surface area contributed by atoms with Crippen LogP contribution in [0.5, 0.6) is 5.75 Å². The monoisotopic (exact) mass is 374 g/mol. The van der Waals surface area contributed by atoms with Gasteiger partial charge < -0.3 is 15.4 Å². The topological polar surface area (TPSA) is 50.4 Å². The molecule has 0 aliphatic heterocycles. The molecule has 0 atom stereocenters. The van der Waals surface area contributed by atoms with Crippen molar-refractivity contribution in [2.45, 2.75) is 19.4 Å². The lowest BCUT2D eigenvalue weighted by Gasteiger charge is -2.09. The number of hydrogen-bond donors (Lipinski definition) is 2. The van der Waals surface area contributed by atoms with Gasteiger partial charge in [-0.15, -0.1) is 0 Å². The van der Waals surface area contributed by atoms with Gasteiger partial charge in [0.25, 0.3) is 0 Å². The first-order valence-corrected chi connectivity index (χ1v) is 9.61. The van der Waals surface area contributed by atoms with E-state index in [1.807, 2.05) is 72.8 Å². The molecule has 0 aliphatic carbocycles. The molecule has 0 saturated heterocycles. The second-order valence-corrected chi connectivity index (χ2v) is 6.56. The molecular weight excluding hydrogens is 348 g/mol. The van der Waals surface area contributed by atoms with Crippen molar-refractivity contribution in [1.82, 2.24) is 5.32 Å². The Hall–Kier alpha value is -3.27. The van der Waals surface area contributed by atoms with Crippen molar-refractivity contribution >= 4 is 11.6 Å². The van der Waals surface area contributed by atoms with Crippen molar-refractivity contribution in [1.29, 1.82) is 0 Å². The molecule has 0 aliphatic rings. The summed E-state index contributed by atoms with van der Waals surface area (Å²) in [6.45, 7) is 1.81. The highest BCUT2D eigenvalue weighted by Gasteiger charge is 2.02. The smallest absolute Gasteiger partial charge is 0.221 e. The van der Waals surface area contributed by atoms with Gasteiger partial charge in [0.2, 0.25) is 5.91 Å². The number of amides is 1. The first-order valence-electron chi connectivity index (χ1n) is 9.61. The lowest BCUT2D eigenvalue weighted by atomic mass is 10.1. The number of anilines is 1. The molecule has 1 amide bonds. The van der Waals surface area contributed by atoms with E-state index >= 15 is 0 Å². The zero-order valence-electron chi connectivity index (χ0n) is 15.9. The minimum Gasteiger partial charge on any atom is -0.489 e. The van der Waals surface area contributed by atoms with Crippen molar-refractivity contribution in [2.24, 2.45) is 0 Å². The molecule has 4 heteroatoms. The Balaban J connectivity index is 1.31. The third-order valence-corrected chi connectivity index (χ3v) is 4.36. The van der Waals surface area contributed by atoms with Crippen LogP contribution in [0.2, 0.25) is 0 Å². The van der Waals surface area contributed by atoms with Crippen LogP contribution >= 0.6 is 0 Å². The minimum absolute atomic E-state index is 0.0613. The van der Waals surface area contributed by atoms with Crippen LogP contribution in [0.4, 0.5) is 5.69 Å². The summed E-state index contributed by atoms with van der Waals surface area (Å²) in [5.41, 5.74) is 3.35. The molecule has 0 fully saturated rings. The van der Waals surface area contributed by atoms with Crippen molar-refractivity contribution in [3.8, 4) is 5.75 Å². The lowest BCUT2D eigenvalue weighted by molar-refractivity contribution is -0.120. The molecule has 0 aromatic heterocycles. The molecule has 0 unspecified atom stereocenters. The third kappa shape index (κ3) is 6.80. The molecule has 3 aromatic rings. The van der Waals surface area contributed by atoms with Crippen LogP contribution < -0.4 is 15.4 Å². The number of carbonyl (C=O) groups is 1. The minimum atomic E-state index is 0.0613. The molecule has 0 saturated carbocycles. The van der Waals surface area contributed by atoms with Gasteiger partial charge in [0.1, 0.15) is 12.4 Å². The van der Waals surface area contributed by atoms with E-state index in [4.69, 9.17) is 4.74 Å². The van der Waals surface area contributed by atoms with E-state index in [1.54, 1.807) is 0 Å². The lowest BCUT2D eigenvalue weighted by Crippen LogP contribution is -2.27. The third-order valence-electron chi connectivity index (χ3n) is 4.36. The summed E-state index contributed by atoms with van der Waals surface area (Å²) < 4.78 is 5.78. The first-order chi connectivity index (χ1) is 13.8. The molecule has 0 bridgehead atoms. The maximum atomic E-state index is 11.9. The summed E-state index contributed by atoms with van der Waals surface area (Å²) in [5, 5.41) is 6.23. The van der Waals surface area contributed by atoms with Gasteiger partial charge in [-0.05, 0) is 41.8 Å². The Bertz CT molecular complexity index is 833. The van der Waals surface area contributed by atoms with Crippen molar-refractivity contribution < 1.29 is 9.53 Å². The van der Waals surface area contributed by atoms with Gasteiger partial charge in [0.15, 0.2) is 0 Å². The largest absolute Gasteiger partial charge is 0.489 e. The molecule has 0 heterocycles. The van der Waals surface area contributed by atoms with E-state index in [-0.39, 0.29) is 5.91 Å². The van der Waals surface area contributed by atoms with Crippen LogP contribution in [0.1, 0.15) is 17.5 Å². The average Bonchev–Trinajstić information content (AvgIpc) is 2.75. The standard InChI is InChI=1S/C24H26N2O2/c27-24(26-17-15-20-7-3-1-4-8-20)16-18-25-22-11-13-23(14-12-22)28-19-21-9-5-2-6-10-21/h1-14,25H,15-19H2,(H,26,27). The highest BCUT2D eigenvalue weighted by Crippen LogP contribution is 2.17. The SMILES string of the molecule is O=C(CCNc1ccc(OCc2ccccc2)cc1)NCCc1ccccc1. The highest BCUT2D eigenvalue weighted by molar-refractivity contribution is 5.76. The van der Waals surface area contributed by atoms with E-state index < -0.39 is 0 Å². The van der Waals surface area contributed by atoms with E-state index in [0.717, 1.165) is 23.4 Å². The van der Waals surface area contributed by atoms with Crippen LogP contribution in [-0.4, -0.2) is 19.0 Å². The van der Waals surface area contributed by atoms with E-state index in [1.165, 1.54) is 5.56 Å². The van der Waals surface area contributed by atoms with Gasteiger partial charge >= 0.3 is 0 Å². The van der Waals surface area contributed by atoms with Gasteiger partial charge in [-0.25, -0.2) is 0 Å². The van der Waals surface area contributed by atoms with Gasteiger partial charge in [-0.2, -0.15) is 0 Å². The number of carbonyl (C=O) groups excluding carboxylic acids is 1. The molecule has 0 spiro atoms. The normalized spacial score (nSPS) is 10.3. The van der Waals surface area contributed by atoms with Crippen molar-refractivity contribution in [2.75, 3.05) is 18.4 Å². The summed E-state index contributed by atoms with van der Waals surface area (Å²) in [6, 6.07) is 28.1. The van der Waals surface area contributed by atoms with E-state index in [9.17, 15) is 4.79 Å². The average molecular weight is 374 g/mol. The van der Waals surface area contributed by atoms with Crippen molar-refractivity contribution in [3.05, 3.63) is 96.1 Å². The molecule has 4 nitrogen and oxygen atoms in total. The quantitative estimate of drug-likeness (QED) is 0.552. The molecule has 28 heavy (non-hydrogen) atoms. The van der Waals surface area contributed by atoms with Crippen molar-refractivity contribution in [3.63, 3.8) is 0 Å². The van der Waals surface area contributed by atoms with Gasteiger partial charge in [0, 0.05) is 25.2 Å². The Labute approximate surface area is 166 Å². The summed E-state index contributed by atoms with van der Waals surface area (Å²) >= 11 is 0. The second kappa shape index (κ2) is 10.8. The zero-order chi connectivity index (χ0) is 19.4. The summed E-state index contributed by atoms with van der Waals surface area (Å²) in [6.07, 6.45) is 1.30. The molecule has 144 valence electrons. The van der Waals surface area contributed by atoms with Gasteiger partial charge in [-0.1, -0.05) is 60.7 Å². The fourth-order valence-corrected chi connectivity index (χ4v) is 2.81. The number of benzene rings is 3. The van der Waals surface area contributed by atoms with Crippen LogP contribution in [0.3, 0.4) is 0 Å². The molecule has 3 rings (SSSR count). The van der Waals surface area contributed by atoms with E-state index in [2.05, 4.69) is 22.8 Å². The Morgan fingerprint density at radius 1 is 0.750 bits per heavy atom. The van der Waals surface area contributed by atoms with Crippen LogP contribution in [-0.2, 0) is 17.8 Å². The second-order valence-electron chi connectivity index (χ2n) is 6.56. The Morgan fingerprint density at radius 3 is 2.07 bits per heavy atom. The predicted octanol–water partition coefficient (Wildman–Crippen LogP) is 4.43. The summed E-state index contributed by atoms with van der Waals surface area (Å²) in [5.74, 6) is 0.888. The number of rotatable bonds is 10. The first kappa shape index (κ1) is 19.5. The van der Waals surface area contributed by atoms with Gasteiger partial charge in [-0.3, -0.25) is 4.79 Å². The predicted molar refractivity (Wildman–Crippen MR) is 113 cm³/mol. The van der Waals surface area contributed by atoms with Crippen LogP contribution in [0.15, 0.2) is 84.9 Å². The summed E-state index contributed by atoms with van der Waals surface area (Å²) in [7, 11) is 0. The molecule has 2 N–H and O–H groups in total. The molecular formula is C24H26N2O2. The van der Waals surface area contributed by atoms with E-state index in [0.29, 0.717) is 26.1 Å². The highest BCUT2D eigenvalue weighted by atomic mass is 16.5. The summed E-state index contributed by atoms with van der Waals surface area (Å²) in [4.78, 5) is 11.9. The number of ether oxygens (including phenoxy) is 1. The number of hydrogen-bond acceptors (Lipinski definition) is 3. The fourth-order valence-electron chi connectivity index (χ4n) is 2.81. The molecule has 0 radical (unpaired) electrons. The zero-order valence-corrected chi connectivity index (χ0v) is 15.9. The fraction of sp³-hybridized carbons (Fsp3) is 0.208. The maximum Gasteiger partial charge on any atom is 0.221 e. The van der Waals surface area contributed by atoms with Crippen LogP contribution in [0.25, 0.3) is 0 Å². The Kier molecular flexibility index (Phi) is 7.50. The Morgan fingerprint density at radius 2 is 1.39 bits per heavy atom. The maximum absolute atomic E-state index is 11.9. The number of nitrogens with one attached hydrogen (secondary N) is 2. The van der Waals surface area contributed by atoms with Gasteiger partial charge in [0.05, 0.1) is 0 Å². The molecule has 3 aromatic carbocycles.